The molecule has 1 aromatic rings. The third-order valence-corrected chi connectivity index (χ3v) is 4.62. The van der Waals surface area contributed by atoms with E-state index in [2.05, 4.69) is 4.74 Å². The summed E-state index contributed by atoms with van der Waals surface area (Å²) < 4.78 is 16.8. The Morgan fingerprint density at radius 1 is 1.29 bits per heavy atom. The SMILES string of the molecule is COC(=O)CC(C)S(=O)C(C)c1ccccc1. The highest BCUT2D eigenvalue weighted by Gasteiger charge is 2.22. The molecular weight excluding hydrogens is 236 g/mol. The summed E-state index contributed by atoms with van der Waals surface area (Å²) in [5.41, 5.74) is 1.03. The van der Waals surface area contributed by atoms with Gasteiger partial charge >= 0.3 is 5.97 Å². The van der Waals surface area contributed by atoms with Gasteiger partial charge in [0, 0.05) is 16.0 Å². The van der Waals surface area contributed by atoms with Crippen LogP contribution >= 0.6 is 0 Å². The van der Waals surface area contributed by atoms with Gasteiger partial charge < -0.3 is 4.74 Å². The number of methoxy groups -OCH3 is 1. The summed E-state index contributed by atoms with van der Waals surface area (Å²) in [4.78, 5) is 11.1. The van der Waals surface area contributed by atoms with Crippen molar-refractivity contribution in [1.82, 2.24) is 0 Å². The lowest BCUT2D eigenvalue weighted by Gasteiger charge is -2.16. The fourth-order valence-corrected chi connectivity index (χ4v) is 3.03. The summed E-state index contributed by atoms with van der Waals surface area (Å²) in [5, 5.41) is -0.270. The molecule has 0 aliphatic heterocycles. The minimum atomic E-state index is -1.08. The van der Waals surface area contributed by atoms with Crippen LogP contribution in [-0.2, 0) is 20.3 Å². The van der Waals surface area contributed by atoms with Gasteiger partial charge in [-0.05, 0) is 12.5 Å². The fourth-order valence-electron chi connectivity index (χ4n) is 1.61. The largest absolute Gasteiger partial charge is 0.469 e. The molecule has 4 heteroatoms. The number of ether oxygens (including phenoxy) is 1. The van der Waals surface area contributed by atoms with E-state index in [1.165, 1.54) is 7.11 Å². The lowest BCUT2D eigenvalue weighted by Crippen LogP contribution is -2.20. The van der Waals surface area contributed by atoms with Crippen molar-refractivity contribution >= 4 is 16.8 Å². The molecule has 0 aliphatic carbocycles. The average Bonchev–Trinajstić information content (AvgIpc) is 2.37. The Balaban J connectivity index is 2.67. The van der Waals surface area contributed by atoms with E-state index in [9.17, 15) is 9.00 Å². The van der Waals surface area contributed by atoms with Gasteiger partial charge in [0.05, 0.1) is 18.8 Å². The van der Waals surface area contributed by atoms with Gasteiger partial charge in [0.2, 0.25) is 0 Å². The first-order valence-corrected chi connectivity index (χ1v) is 6.85. The predicted molar refractivity (Wildman–Crippen MR) is 69.1 cm³/mol. The molecule has 0 saturated heterocycles. The molecule has 3 nitrogen and oxygen atoms in total. The van der Waals surface area contributed by atoms with E-state index in [0.717, 1.165) is 5.56 Å². The molecule has 94 valence electrons. The minimum absolute atomic E-state index is 0.0733. The third-order valence-electron chi connectivity index (χ3n) is 2.70. The van der Waals surface area contributed by atoms with Crippen LogP contribution in [0.4, 0.5) is 0 Å². The van der Waals surface area contributed by atoms with E-state index in [1.807, 2.05) is 44.2 Å². The second-order valence-corrected chi connectivity index (χ2v) is 6.14. The summed E-state index contributed by atoms with van der Waals surface area (Å²) in [7, 11) is 0.262. The molecule has 0 amide bonds. The lowest BCUT2D eigenvalue weighted by molar-refractivity contribution is -0.140. The summed E-state index contributed by atoms with van der Waals surface area (Å²) in [5.74, 6) is -0.314. The zero-order valence-electron chi connectivity index (χ0n) is 10.4. The Hall–Kier alpha value is -1.16. The van der Waals surface area contributed by atoms with Crippen LogP contribution in [0.3, 0.4) is 0 Å². The Bertz CT molecular complexity index is 389. The number of hydrogen-bond donors (Lipinski definition) is 0. The van der Waals surface area contributed by atoms with Gasteiger partial charge in [0.25, 0.3) is 0 Å². The average molecular weight is 254 g/mol. The quantitative estimate of drug-likeness (QED) is 0.758. The smallest absolute Gasteiger partial charge is 0.306 e. The highest BCUT2D eigenvalue weighted by Crippen LogP contribution is 2.22. The molecule has 1 aromatic carbocycles. The highest BCUT2D eigenvalue weighted by atomic mass is 32.2. The van der Waals surface area contributed by atoms with Crippen LogP contribution in [-0.4, -0.2) is 22.5 Å². The maximum Gasteiger partial charge on any atom is 0.306 e. The normalized spacial score (nSPS) is 15.9. The van der Waals surface area contributed by atoms with Crippen LogP contribution in [0.2, 0.25) is 0 Å². The minimum Gasteiger partial charge on any atom is -0.469 e. The van der Waals surface area contributed by atoms with Gasteiger partial charge in [-0.1, -0.05) is 37.3 Å². The van der Waals surface area contributed by atoms with Crippen molar-refractivity contribution < 1.29 is 13.7 Å². The molecule has 0 saturated carbocycles. The van der Waals surface area contributed by atoms with E-state index in [4.69, 9.17) is 0 Å². The Morgan fingerprint density at radius 3 is 2.41 bits per heavy atom. The van der Waals surface area contributed by atoms with Crippen molar-refractivity contribution in [2.24, 2.45) is 0 Å². The number of carbonyl (C=O) groups is 1. The maximum atomic E-state index is 12.2. The molecule has 1 rings (SSSR count). The van der Waals surface area contributed by atoms with E-state index in [0.29, 0.717) is 0 Å². The van der Waals surface area contributed by atoms with Gasteiger partial charge in [0.15, 0.2) is 0 Å². The first-order valence-electron chi connectivity index (χ1n) is 5.57. The monoisotopic (exact) mass is 254 g/mol. The van der Waals surface area contributed by atoms with Crippen molar-refractivity contribution in [3.63, 3.8) is 0 Å². The van der Waals surface area contributed by atoms with Crippen LogP contribution in [0.15, 0.2) is 30.3 Å². The van der Waals surface area contributed by atoms with Crippen LogP contribution < -0.4 is 0 Å². The molecule has 0 radical (unpaired) electrons. The van der Waals surface area contributed by atoms with E-state index in [-0.39, 0.29) is 22.9 Å². The number of carbonyl (C=O) groups excluding carboxylic acids is 1. The lowest BCUT2D eigenvalue weighted by atomic mass is 10.2. The highest BCUT2D eigenvalue weighted by molar-refractivity contribution is 7.85. The zero-order chi connectivity index (χ0) is 12.8. The van der Waals surface area contributed by atoms with Crippen LogP contribution in [0, 0.1) is 0 Å². The van der Waals surface area contributed by atoms with Gasteiger partial charge in [0.1, 0.15) is 0 Å². The van der Waals surface area contributed by atoms with Crippen LogP contribution in [0.1, 0.15) is 31.1 Å². The number of esters is 1. The van der Waals surface area contributed by atoms with Crippen molar-refractivity contribution in [3.8, 4) is 0 Å². The molecule has 0 heterocycles. The molecule has 0 aromatic heterocycles. The van der Waals surface area contributed by atoms with Crippen LogP contribution in [0.5, 0.6) is 0 Å². The molecular formula is C13H18O3S. The zero-order valence-corrected chi connectivity index (χ0v) is 11.2. The van der Waals surface area contributed by atoms with E-state index >= 15 is 0 Å². The van der Waals surface area contributed by atoms with Crippen molar-refractivity contribution in [2.75, 3.05) is 7.11 Å². The predicted octanol–water partition coefficient (Wildman–Crippen LogP) is 2.45. The van der Waals surface area contributed by atoms with Crippen molar-refractivity contribution in [3.05, 3.63) is 35.9 Å². The molecule has 0 aliphatic rings. The Morgan fingerprint density at radius 2 is 1.88 bits per heavy atom. The van der Waals surface area contributed by atoms with Gasteiger partial charge in [-0.25, -0.2) is 0 Å². The Labute approximate surface area is 105 Å². The van der Waals surface area contributed by atoms with Crippen LogP contribution in [0.25, 0.3) is 0 Å². The van der Waals surface area contributed by atoms with Crippen molar-refractivity contribution in [2.45, 2.75) is 30.8 Å². The maximum absolute atomic E-state index is 12.2. The number of rotatable bonds is 5. The summed E-state index contributed by atoms with van der Waals surface area (Å²) in [6, 6.07) is 9.68. The molecule has 3 atom stereocenters. The molecule has 17 heavy (non-hydrogen) atoms. The van der Waals surface area contributed by atoms with Gasteiger partial charge in [-0.2, -0.15) is 0 Å². The number of benzene rings is 1. The summed E-state index contributed by atoms with van der Waals surface area (Å²) >= 11 is 0. The van der Waals surface area contributed by atoms with E-state index in [1.54, 1.807) is 0 Å². The summed E-state index contributed by atoms with van der Waals surface area (Å²) in [6.45, 7) is 3.73. The fraction of sp³-hybridized carbons (Fsp3) is 0.462. The van der Waals surface area contributed by atoms with Gasteiger partial charge in [-0.15, -0.1) is 0 Å². The second-order valence-electron chi connectivity index (χ2n) is 3.97. The van der Waals surface area contributed by atoms with E-state index < -0.39 is 10.8 Å². The first-order chi connectivity index (χ1) is 8.06. The molecule has 3 unspecified atom stereocenters. The summed E-state index contributed by atoms with van der Waals surface area (Å²) in [6.07, 6.45) is 0.195. The molecule has 0 N–H and O–H groups in total. The third kappa shape index (κ3) is 3.97. The van der Waals surface area contributed by atoms with Gasteiger partial charge in [-0.3, -0.25) is 9.00 Å². The number of hydrogen-bond acceptors (Lipinski definition) is 3. The topological polar surface area (TPSA) is 43.4 Å². The first kappa shape index (κ1) is 13.9. The molecule has 0 spiro atoms. The van der Waals surface area contributed by atoms with Crippen molar-refractivity contribution in [1.29, 1.82) is 0 Å². The second kappa shape index (κ2) is 6.55. The molecule has 0 bridgehead atoms. The standard InChI is InChI=1S/C13H18O3S/c1-10(9-13(14)16-3)17(15)11(2)12-7-5-4-6-8-12/h4-8,10-11H,9H2,1-3H3. The molecule has 0 fully saturated rings. The Kier molecular flexibility index (Phi) is 5.35.